The summed E-state index contributed by atoms with van der Waals surface area (Å²) in [6, 6.07) is 146. The first kappa shape index (κ1) is 104. The molecule has 12 aromatic carbocycles. The Labute approximate surface area is 868 Å². The molecule has 15 heteroatoms. The Bertz CT molecular complexity index is 7260. The van der Waals surface area contributed by atoms with Crippen LogP contribution in [0.2, 0.25) is 0 Å². The second kappa shape index (κ2) is 52.4. The van der Waals surface area contributed by atoms with Crippen molar-refractivity contribution in [3.8, 4) is 101 Å². The molecule has 0 aliphatic rings. The molecule has 696 valence electrons. The zero-order valence-electron chi connectivity index (χ0n) is 78.0. The van der Waals surface area contributed by atoms with Crippen molar-refractivity contribution in [1.82, 2.24) is 39.9 Å². The first-order valence-corrected chi connectivity index (χ1v) is 45.1. The van der Waals surface area contributed by atoms with E-state index < -0.39 is 0 Å². The number of pyridine rings is 8. The van der Waals surface area contributed by atoms with Gasteiger partial charge in [-0.2, -0.15) is 0 Å². The van der Waals surface area contributed by atoms with Crippen LogP contribution < -0.4 is 0 Å². The third-order valence-electron chi connectivity index (χ3n) is 21.9. The molecule has 23 aromatic rings. The van der Waals surface area contributed by atoms with E-state index in [4.69, 9.17) is 13.3 Å². The molecular formula is C124H98Ir4N8O3-8. The van der Waals surface area contributed by atoms with E-state index in [1.165, 1.54) is 55.3 Å². The maximum Gasteiger partial charge on any atom is 0.124 e. The van der Waals surface area contributed by atoms with Crippen molar-refractivity contribution in [2.45, 2.75) is 68.2 Å². The summed E-state index contributed by atoms with van der Waals surface area (Å²) in [6.45, 7) is 17.1. The van der Waals surface area contributed by atoms with Crippen LogP contribution in [0.25, 0.3) is 167 Å². The van der Waals surface area contributed by atoms with Crippen molar-refractivity contribution in [2.75, 3.05) is 0 Å². The monoisotopic (exact) mass is 2520 g/mol. The van der Waals surface area contributed by atoms with Crippen LogP contribution in [0.1, 0.15) is 61.1 Å². The second-order valence-electron chi connectivity index (χ2n) is 33.1. The van der Waals surface area contributed by atoms with E-state index in [0.29, 0.717) is 11.8 Å². The number of para-hydroxylation sites is 3. The summed E-state index contributed by atoms with van der Waals surface area (Å²) in [5, 5.41) is 6.84. The molecule has 11 heterocycles. The number of hydrogen-bond donors (Lipinski definition) is 0. The van der Waals surface area contributed by atoms with Crippen LogP contribution in [0.3, 0.4) is 0 Å². The maximum absolute atomic E-state index is 6.30. The van der Waals surface area contributed by atoms with E-state index in [1.807, 2.05) is 295 Å². The summed E-state index contributed by atoms with van der Waals surface area (Å²) in [7, 11) is 0. The Hall–Kier alpha value is -14.2. The summed E-state index contributed by atoms with van der Waals surface area (Å²) in [6.07, 6.45) is 16.7. The van der Waals surface area contributed by atoms with Crippen molar-refractivity contribution in [1.29, 1.82) is 0 Å². The summed E-state index contributed by atoms with van der Waals surface area (Å²) < 4.78 is 18.4. The molecule has 0 amide bonds. The van der Waals surface area contributed by atoms with Crippen LogP contribution >= 0.6 is 0 Å². The smallest absolute Gasteiger partial charge is 0.124 e. The Morgan fingerprint density at radius 3 is 0.950 bits per heavy atom. The zero-order chi connectivity index (χ0) is 92.9. The third-order valence-corrected chi connectivity index (χ3v) is 21.9. The number of benzene rings is 12. The van der Waals surface area contributed by atoms with Crippen molar-refractivity contribution in [3.05, 3.63) is 495 Å². The van der Waals surface area contributed by atoms with Gasteiger partial charge in [0.25, 0.3) is 0 Å². The van der Waals surface area contributed by atoms with Crippen LogP contribution in [-0.4, -0.2) is 39.9 Å². The summed E-state index contributed by atoms with van der Waals surface area (Å²) in [5.41, 5.74) is 30.8. The molecule has 11 aromatic heterocycles. The minimum absolute atomic E-state index is 0. The molecule has 0 spiro atoms. The standard InChI is InChI=1S/2C21H18NO.C18H14N.C17H10NO.3C12H10N.C11H8N.4Ir/c2*1-14(2)13-15-7-5-8-16-17-9-6-10-18(21(17)23-20(15)16)19-11-3-4-12-22-19;1-14-10-11-18(19-13-14)17-9-5-8-16(12-17)15-6-3-2-4-7-15;1-2-7-16-13(5-1)14-11-12(8-9-17(14)19-16)15-6-3-4-10-18-15;3*1-10-7-8-12(13-9-10)11-5-3-2-4-6-11;1-2-6-10(7-3-1)11-8-4-5-9-12-11;;;;/h2*3-9,11-12,14H,13H2,1-2H3;2-8,10-13H,1H3;1-7,9-11H;3*2-5,7-9H,1H3;1-6,8-9H;;;;/q8*-1;;;;. The number of aryl methyl sites for hydroxylation is 4. The van der Waals surface area contributed by atoms with Crippen LogP contribution in [0.15, 0.2) is 427 Å². The average Bonchev–Trinajstić information content (AvgIpc) is 1.62. The second-order valence-corrected chi connectivity index (χ2v) is 33.1. The van der Waals surface area contributed by atoms with Crippen molar-refractivity contribution < 1.29 is 93.7 Å². The Balaban J connectivity index is 0.000000143. The van der Waals surface area contributed by atoms with Gasteiger partial charge in [-0.1, -0.05) is 237 Å². The number of fused-ring (bicyclic) bond motifs is 9. The number of rotatable bonds is 13. The number of aromatic nitrogens is 8. The number of nitrogens with zero attached hydrogens (tertiary/aromatic N) is 8. The van der Waals surface area contributed by atoms with Gasteiger partial charge in [0.05, 0.1) is 16.7 Å². The molecule has 0 saturated carbocycles. The molecule has 0 aliphatic heterocycles. The van der Waals surface area contributed by atoms with E-state index >= 15 is 0 Å². The average molecular weight is 2520 g/mol. The maximum atomic E-state index is 6.30. The number of hydrogen-bond acceptors (Lipinski definition) is 11. The molecule has 0 saturated heterocycles. The van der Waals surface area contributed by atoms with Gasteiger partial charge in [-0.25, -0.2) is 0 Å². The van der Waals surface area contributed by atoms with E-state index in [2.05, 4.69) is 237 Å². The minimum atomic E-state index is 0. The van der Waals surface area contributed by atoms with Gasteiger partial charge in [0, 0.05) is 146 Å². The molecule has 23 rings (SSSR count). The fourth-order valence-corrected chi connectivity index (χ4v) is 15.3. The Kier molecular flexibility index (Phi) is 39.1. The molecule has 0 bridgehead atoms. The molecule has 0 fully saturated rings. The minimum Gasteiger partial charge on any atom is -0.500 e. The van der Waals surface area contributed by atoms with Gasteiger partial charge in [-0.05, 0) is 167 Å². The molecule has 0 atom stereocenters. The zero-order valence-corrected chi connectivity index (χ0v) is 87.5. The van der Waals surface area contributed by atoms with Gasteiger partial charge in [0.2, 0.25) is 0 Å². The Morgan fingerprint density at radius 1 is 0.230 bits per heavy atom. The van der Waals surface area contributed by atoms with E-state index in [-0.39, 0.29) is 80.4 Å². The van der Waals surface area contributed by atoms with Crippen molar-refractivity contribution in [2.24, 2.45) is 11.8 Å². The largest absolute Gasteiger partial charge is 0.500 e. The molecule has 0 N–H and O–H groups in total. The molecule has 0 unspecified atom stereocenters. The van der Waals surface area contributed by atoms with Crippen LogP contribution in [0.5, 0.6) is 0 Å². The summed E-state index contributed by atoms with van der Waals surface area (Å²) >= 11 is 0. The van der Waals surface area contributed by atoms with E-state index in [1.54, 1.807) is 24.8 Å². The first-order valence-electron chi connectivity index (χ1n) is 45.1. The molecule has 0 aliphatic carbocycles. The predicted molar refractivity (Wildman–Crippen MR) is 551 cm³/mol. The van der Waals surface area contributed by atoms with Crippen molar-refractivity contribution >= 4 is 65.8 Å². The molecule has 11 nitrogen and oxygen atoms in total. The quantitative estimate of drug-likeness (QED) is 0.102. The van der Waals surface area contributed by atoms with Gasteiger partial charge >= 0.3 is 0 Å². The van der Waals surface area contributed by atoms with Crippen molar-refractivity contribution in [3.63, 3.8) is 0 Å². The molecule has 139 heavy (non-hydrogen) atoms. The van der Waals surface area contributed by atoms with Crippen LogP contribution in [0, 0.1) is 88.1 Å². The number of furan rings is 3. The topological polar surface area (TPSA) is 143 Å². The van der Waals surface area contributed by atoms with Gasteiger partial charge in [0.1, 0.15) is 16.7 Å². The van der Waals surface area contributed by atoms with Gasteiger partial charge in [0.15, 0.2) is 0 Å². The Morgan fingerprint density at radius 2 is 0.568 bits per heavy atom. The fourth-order valence-electron chi connectivity index (χ4n) is 15.3. The van der Waals surface area contributed by atoms with E-state index in [0.717, 1.165) is 158 Å². The summed E-state index contributed by atoms with van der Waals surface area (Å²) in [4.78, 5) is 34.9. The normalized spacial score (nSPS) is 10.4. The van der Waals surface area contributed by atoms with Crippen LogP contribution in [0.4, 0.5) is 0 Å². The SMILES string of the molecule is CC(C)Cc1cccc2c1oc1c(-c3ccccn3)[c-]ccc12.CC(C)Cc1cccc2c1oc1c(-c3ccccn3)[c-]ccc12.Cc1ccc(-c2[c-]ccc(-c3ccccc3)c2)nc1.Cc1ccc(-c2[c-]cccc2)nc1.Cc1ccc(-c2[c-]cccc2)nc1.Cc1ccc(-c2[c-]cccc2)nc1.[Ir].[Ir].[Ir].[Ir].[c-]1cc2oc3ccccc3c2cc1-c1ccccn1.[c-]1ccccc1-c1ccccn1. The van der Waals surface area contributed by atoms with Gasteiger partial charge in [-0.15, -0.1) is 239 Å². The van der Waals surface area contributed by atoms with Gasteiger partial charge < -0.3 is 53.1 Å². The first-order chi connectivity index (χ1) is 66.3. The molecular weight excluding hydrogens is 2420 g/mol. The fraction of sp³-hybridized carbons (Fsp3) is 0.0968. The third kappa shape index (κ3) is 28.1. The summed E-state index contributed by atoms with van der Waals surface area (Å²) in [5.74, 6) is 1.19. The van der Waals surface area contributed by atoms with E-state index in [9.17, 15) is 0 Å². The van der Waals surface area contributed by atoms with Crippen LogP contribution in [-0.2, 0) is 93.3 Å². The van der Waals surface area contributed by atoms with Gasteiger partial charge in [-0.3, -0.25) is 0 Å². The molecule has 4 radical (unpaired) electrons. The predicted octanol–water partition coefficient (Wildman–Crippen LogP) is 31.4.